The highest BCUT2D eigenvalue weighted by molar-refractivity contribution is 9.10. The van der Waals surface area contributed by atoms with E-state index in [0.717, 1.165) is 0 Å². The maximum atomic E-state index is 12.7. The van der Waals surface area contributed by atoms with Crippen molar-refractivity contribution >= 4 is 41.3 Å². The fourth-order valence-corrected chi connectivity index (χ4v) is 6.98. The number of hydrogen-bond acceptors (Lipinski definition) is 5. The van der Waals surface area contributed by atoms with Crippen LogP contribution in [0.2, 0.25) is 0 Å². The van der Waals surface area contributed by atoms with Crippen LogP contribution in [0.25, 0.3) is 0 Å². The predicted octanol–water partition coefficient (Wildman–Crippen LogP) is 2.16. The first-order valence-electron chi connectivity index (χ1n) is 6.60. The maximum Gasteiger partial charge on any atom is 0.182 e. The van der Waals surface area contributed by atoms with E-state index in [4.69, 9.17) is 5.73 Å². The Morgan fingerprint density at radius 3 is 2.33 bits per heavy atom. The summed E-state index contributed by atoms with van der Waals surface area (Å²) >= 11 is 3.23. The summed E-state index contributed by atoms with van der Waals surface area (Å²) in [6.07, 6.45) is 2.97. The van der Waals surface area contributed by atoms with E-state index in [1.54, 1.807) is 6.07 Å². The van der Waals surface area contributed by atoms with Gasteiger partial charge in [-0.1, -0.05) is 6.42 Å². The van der Waals surface area contributed by atoms with Crippen molar-refractivity contribution in [3.05, 3.63) is 22.7 Å². The molecule has 1 aliphatic rings. The number of rotatable bonds is 3. The monoisotopic (exact) mass is 395 g/mol. The molecule has 0 bridgehead atoms. The molecule has 2 N–H and O–H groups in total. The minimum absolute atomic E-state index is 0.165. The second-order valence-electron chi connectivity index (χ2n) is 5.48. The lowest BCUT2D eigenvalue weighted by molar-refractivity contribution is 0.473. The lowest BCUT2D eigenvalue weighted by Crippen LogP contribution is -2.34. The molecule has 0 aromatic heterocycles. The number of benzene rings is 1. The molecule has 2 unspecified atom stereocenters. The van der Waals surface area contributed by atoms with Gasteiger partial charge in [-0.3, -0.25) is 0 Å². The van der Waals surface area contributed by atoms with Crippen LogP contribution in [0, 0.1) is 0 Å². The molecule has 0 spiro atoms. The van der Waals surface area contributed by atoms with Gasteiger partial charge in [0.25, 0.3) is 0 Å². The Morgan fingerprint density at radius 2 is 1.76 bits per heavy atom. The van der Waals surface area contributed by atoms with Crippen molar-refractivity contribution in [2.75, 3.05) is 12.0 Å². The van der Waals surface area contributed by atoms with E-state index >= 15 is 0 Å². The van der Waals surface area contributed by atoms with Crippen molar-refractivity contribution in [1.29, 1.82) is 0 Å². The highest BCUT2D eigenvalue weighted by Gasteiger charge is 2.37. The number of sulfone groups is 2. The minimum Gasteiger partial charge on any atom is -0.399 e. The number of nitrogens with two attached hydrogens (primary N) is 1. The standard InChI is InChI=1S/C13H18BrNO4S2/c1-20(16,17)10-3-2-4-11(8-10)21(18,19)13-6-5-9(15)7-12(13)14/h5-7,10-11H,2-4,8,15H2,1H3. The van der Waals surface area contributed by atoms with Crippen molar-refractivity contribution in [2.24, 2.45) is 0 Å². The summed E-state index contributed by atoms with van der Waals surface area (Å²) in [6, 6.07) is 4.55. The minimum atomic E-state index is -3.57. The first-order chi connectivity index (χ1) is 9.62. The molecule has 0 saturated heterocycles. The first kappa shape index (κ1) is 16.8. The summed E-state index contributed by atoms with van der Waals surface area (Å²) in [4.78, 5) is 0.177. The van der Waals surface area contributed by atoms with Gasteiger partial charge in [0, 0.05) is 16.4 Å². The summed E-state index contributed by atoms with van der Waals surface area (Å²) in [5, 5.41) is -1.23. The Hall–Kier alpha value is -0.600. The molecule has 5 nitrogen and oxygen atoms in total. The summed E-state index contributed by atoms with van der Waals surface area (Å²) < 4.78 is 49.2. The second kappa shape index (κ2) is 5.89. The molecule has 0 aliphatic heterocycles. The fourth-order valence-electron chi connectivity index (χ4n) is 2.70. The smallest absolute Gasteiger partial charge is 0.182 e. The van der Waals surface area contributed by atoms with Crippen molar-refractivity contribution in [1.82, 2.24) is 0 Å². The van der Waals surface area contributed by atoms with Crippen LogP contribution in [-0.4, -0.2) is 33.6 Å². The number of anilines is 1. The summed E-state index contributed by atoms with van der Waals surface area (Å²) in [6.45, 7) is 0. The number of nitrogen functional groups attached to an aromatic ring is 1. The van der Waals surface area contributed by atoms with Gasteiger partial charge in [0.15, 0.2) is 9.84 Å². The fraction of sp³-hybridized carbons (Fsp3) is 0.538. The van der Waals surface area contributed by atoms with E-state index in [0.29, 0.717) is 29.4 Å². The van der Waals surface area contributed by atoms with E-state index in [1.807, 2.05) is 0 Å². The van der Waals surface area contributed by atoms with Crippen LogP contribution < -0.4 is 5.73 Å². The van der Waals surface area contributed by atoms with E-state index in [2.05, 4.69) is 15.9 Å². The molecule has 1 aromatic carbocycles. The number of halogens is 1. The lowest BCUT2D eigenvalue weighted by atomic mass is 10.00. The Kier molecular flexibility index (Phi) is 4.70. The van der Waals surface area contributed by atoms with Gasteiger partial charge < -0.3 is 5.73 Å². The van der Waals surface area contributed by atoms with Gasteiger partial charge in [-0.2, -0.15) is 0 Å². The molecule has 2 atom stereocenters. The third-order valence-electron chi connectivity index (χ3n) is 3.88. The van der Waals surface area contributed by atoms with Gasteiger partial charge in [-0.15, -0.1) is 0 Å². The molecular weight excluding hydrogens is 378 g/mol. The van der Waals surface area contributed by atoms with Crippen molar-refractivity contribution in [3.8, 4) is 0 Å². The molecule has 0 radical (unpaired) electrons. The molecule has 1 aliphatic carbocycles. The van der Waals surface area contributed by atoms with Gasteiger partial charge in [0.05, 0.1) is 15.4 Å². The molecule has 1 aromatic rings. The quantitative estimate of drug-likeness (QED) is 0.791. The molecule has 0 amide bonds. The summed E-state index contributed by atoms with van der Waals surface area (Å²) in [7, 11) is -6.78. The van der Waals surface area contributed by atoms with Crippen molar-refractivity contribution < 1.29 is 16.8 Å². The molecule has 0 heterocycles. The molecule has 1 fully saturated rings. The third-order valence-corrected chi connectivity index (χ3v) is 8.72. The Labute approximate surface area is 133 Å². The van der Waals surface area contributed by atoms with E-state index < -0.39 is 30.2 Å². The zero-order valence-corrected chi connectivity index (χ0v) is 14.8. The molecule has 118 valence electrons. The van der Waals surface area contributed by atoms with Crippen LogP contribution in [0.5, 0.6) is 0 Å². The topological polar surface area (TPSA) is 94.3 Å². The van der Waals surface area contributed by atoms with E-state index in [9.17, 15) is 16.8 Å². The van der Waals surface area contributed by atoms with Gasteiger partial charge >= 0.3 is 0 Å². The zero-order valence-electron chi connectivity index (χ0n) is 11.6. The molecule has 21 heavy (non-hydrogen) atoms. The van der Waals surface area contributed by atoms with Gasteiger partial charge in [-0.25, -0.2) is 16.8 Å². The highest BCUT2D eigenvalue weighted by Crippen LogP contribution is 2.34. The van der Waals surface area contributed by atoms with Crippen LogP contribution in [0.4, 0.5) is 5.69 Å². The van der Waals surface area contributed by atoms with E-state index in [-0.39, 0.29) is 11.3 Å². The SMILES string of the molecule is CS(=O)(=O)C1CCCC(S(=O)(=O)c2ccc(N)cc2Br)C1. The highest BCUT2D eigenvalue weighted by atomic mass is 79.9. The van der Waals surface area contributed by atoms with E-state index in [1.165, 1.54) is 18.4 Å². The average molecular weight is 396 g/mol. The van der Waals surface area contributed by atoms with Crippen LogP contribution in [0.1, 0.15) is 25.7 Å². The van der Waals surface area contributed by atoms with Gasteiger partial charge in [0.1, 0.15) is 9.84 Å². The molecule has 1 saturated carbocycles. The van der Waals surface area contributed by atoms with Crippen molar-refractivity contribution in [3.63, 3.8) is 0 Å². The van der Waals surface area contributed by atoms with Gasteiger partial charge in [-0.05, 0) is 53.4 Å². The van der Waals surface area contributed by atoms with Crippen LogP contribution in [0.3, 0.4) is 0 Å². The first-order valence-corrected chi connectivity index (χ1v) is 10.9. The lowest BCUT2D eigenvalue weighted by Gasteiger charge is -2.28. The molecule has 2 rings (SSSR count). The molecule has 8 heteroatoms. The van der Waals surface area contributed by atoms with Crippen LogP contribution in [0.15, 0.2) is 27.6 Å². The predicted molar refractivity (Wildman–Crippen MR) is 86.6 cm³/mol. The zero-order chi connectivity index (χ0) is 15.8. The Morgan fingerprint density at radius 1 is 1.14 bits per heavy atom. The molecular formula is C13H18BrNO4S2. The largest absolute Gasteiger partial charge is 0.399 e. The van der Waals surface area contributed by atoms with Gasteiger partial charge in [0.2, 0.25) is 0 Å². The number of hydrogen-bond donors (Lipinski definition) is 1. The summed E-state index contributed by atoms with van der Waals surface area (Å²) in [5.74, 6) is 0. The Balaban J connectivity index is 2.35. The second-order valence-corrected chi connectivity index (χ2v) is 10.9. The average Bonchev–Trinajstić information content (AvgIpc) is 2.37. The Bertz CT molecular complexity index is 743. The third kappa shape index (κ3) is 3.60. The maximum absolute atomic E-state index is 12.7. The van der Waals surface area contributed by atoms with Crippen LogP contribution in [-0.2, 0) is 19.7 Å². The summed E-state index contributed by atoms with van der Waals surface area (Å²) in [5.41, 5.74) is 6.10. The van der Waals surface area contributed by atoms with Crippen molar-refractivity contribution in [2.45, 2.75) is 41.1 Å². The van der Waals surface area contributed by atoms with Crippen LogP contribution >= 0.6 is 15.9 Å². The normalized spacial score (nSPS) is 23.9.